The molecule has 1 aromatic carbocycles. The molecule has 2 aromatic rings. The Labute approximate surface area is 111 Å². The van der Waals surface area contributed by atoms with E-state index >= 15 is 0 Å². The summed E-state index contributed by atoms with van der Waals surface area (Å²) >= 11 is 0. The highest BCUT2D eigenvalue weighted by Gasteiger charge is 2.17. The predicted octanol–water partition coefficient (Wildman–Crippen LogP) is 2.96. The van der Waals surface area contributed by atoms with Gasteiger partial charge in [-0.25, -0.2) is 4.79 Å². The van der Waals surface area contributed by atoms with E-state index in [1.54, 1.807) is 6.07 Å². The molecule has 1 aromatic heterocycles. The van der Waals surface area contributed by atoms with Crippen molar-refractivity contribution in [2.45, 2.75) is 26.7 Å². The van der Waals surface area contributed by atoms with Crippen molar-refractivity contribution >= 4 is 16.8 Å². The first-order valence-corrected chi connectivity index (χ1v) is 6.23. The second kappa shape index (κ2) is 5.26. The van der Waals surface area contributed by atoms with E-state index in [1.165, 1.54) is 20.1 Å². The van der Waals surface area contributed by atoms with Gasteiger partial charge in [0.2, 0.25) is 0 Å². The number of ether oxygens (including phenoxy) is 1. The Morgan fingerprint density at radius 2 is 2.11 bits per heavy atom. The molecule has 0 spiro atoms. The van der Waals surface area contributed by atoms with Gasteiger partial charge in [0.25, 0.3) is 0 Å². The van der Waals surface area contributed by atoms with Gasteiger partial charge in [-0.3, -0.25) is 4.79 Å². The number of methoxy groups -OCH3 is 1. The molecule has 4 heteroatoms. The molecule has 1 heterocycles. The summed E-state index contributed by atoms with van der Waals surface area (Å²) in [5.41, 5.74) is 1.11. The second-order valence-corrected chi connectivity index (χ2v) is 4.42. The summed E-state index contributed by atoms with van der Waals surface area (Å²) in [7, 11) is 1.49. The van der Waals surface area contributed by atoms with Crippen LogP contribution in [0.25, 0.3) is 11.0 Å². The first-order chi connectivity index (χ1) is 9.08. The van der Waals surface area contributed by atoms with Gasteiger partial charge >= 0.3 is 5.63 Å². The Morgan fingerprint density at radius 1 is 1.37 bits per heavy atom. The number of Topliss-reactive ketones (excluding diaryl/α,β-unsaturated/α-hetero) is 1. The van der Waals surface area contributed by atoms with Crippen LogP contribution in [-0.4, -0.2) is 12.9 Å². The number of carbonyl (C=O) groups is 1. The van der Waals surface area contributed by atoms with E-state index in [2.05, 4.69) is 0 Å². The molecule has 0 saturated heterocycles. The predicted molar refractivity (Wildman–Crippen MR) is 73.0 cm³/mol. The van der Waals surface area contributed by atoms with Gasteiger partial charge in [-0.05, 0) is 31.0 Å². The quantitative estimate of drug-likeness (QED) is 0.626. The summed E-state index contributed by atoms with van der Waals surface area (Å²) in [4.78, 5) is 23.4. The van der Waals surface area contributed by atoms with Gasteiger partial charge in [0.05, 0.1) is 7.11 Å². The number of hydrogen-bond acceptors (Lipinski definition) is 4. The van der Waals surface area contributed by atoms with Crippen molar-refractivity contribution in [3.8, 4) is 5.75 Å². The number of hydrogen-bond donors (Lipinski definition) is 0. The van der Waals surface area contributed by atoms with Crippen LogP contribution in [0.1, 0.15) is 36.2 Å². The third-order valence-electron chi connectivity index (χ3n) is 3.05. The van der Waals surface area contributed by atoms with Crippen molar-refractivity contribution in [1.82, 2.24) is 0 Å². The van der Waals surface area contributed by atoms with Gasteiger partial charge < -0.3 is 9.15 Å². The Balaban J connectivity index is 2.88. The number of benzene rings is 1. The van der Waals surface area contributed by atoms with Gasteiger partial charge in [-0.2, -0.15) is 0 Å². The van der Waals surface area contributed by atoms with Crippen LogP contribution in [0.3, 0.4) is 0 Å². The van der Waals surface area contributed by atoms with Gasteiger partial charge in [0.1, 0.15) is 11.3 Å². The van der Waals surface area contributed by atoms with Crippen LogP contribution in [0.15, 0.2) is 27.4 Å². The maximum absolute atomic E-state index is 11.8. The molecule has 0 aliphatic heterocycles. The monoisotopic (exact) mass is 260 g/mol. The molecule has 0 bridgehead atoms. The van der Waals surface area contributed by atoms with Crippen LogP contribution >= 0.6 is 0 Å². The average Bonchev–Trinajstić information content (AvgIpc) is 2.37. The van der Waals surface area contributed by atoms with Crippen molar-refractivity contribution in [2.24, 2.45) is 0 Å². The highest BCUT2D eigenvalue weighted by Crippen LogP contribution is 2.29. The zero-order chi connectivity index (χ0) is 14.0. The molecule has 0 amide bonds. The fourth-order valence-electron chi connectivity index (χ4n) is 2.25. The average molecular weight is 260 g/mol. The van der Waals surface area contributed by atoms with Gasteiger partial charge in [-0.1, -0.05) is 13.3 Å². The van der Waals surface area contributed by atoms with Crippen LogP contribution in [0, 0.1) is 0 Å². The van der Waals surface area contributed by atoms with E-state index < -0.39 is 5.63 Å². The maximum atomic E-state index is 11.8. The molecule has 0 unspecified atom stereocenters. The minimum Gasteiger partial charge on any atom is -0.496 e. The number of fused-ring (bicyclic) bond motifs is 1. The summed E-state index contributed by atoms with van der Waals surface area (Å²) in [5, 5.41) is 0.799. The lowest BCUT2D eigenvalue weighted by atomic mass is 10.0. The number of aryl methyl sites for hydroxylation is 1. The Kier molecular flexibility index (Phi) is 3.69. The molecule has 0 radical (unpaired) electrons. The number of carbonyl (C=O) groups excluding carboxylic acids is 1. The number of ketones is 1. The fraction of sp³-hybridized carbons (Fsp3) is 0.333. The zero-order valence-electron chi connectivity index (χ0n) is 11.3. The highest BCUT2D eigenvalue weighted by molar-refractivity contribution is 6.07. The van der Waals surface area contributed by atoms with E-state index in [1.807, 2.05) is 13.0 Å². The van der Waals surface area contributed by atoms with E-state index in [4.69, 9.17) is 9.15 Å². The first-order valence-electron chi connectivity index (χ1n) is 6.23. The molecule has 0 fully saturated rings. The zero-order valence-corrected chi connectivity index (χ0v) is 11.3. The van der Waals surface area contributed by atoms with E-state index in [-0.39, 0.29) is 5.78 Å². The molecular weight excluding hydrogens is 244 g/mol. The molecule has 19 heavy (non-hydrogen) atoms. The first kappa shape index (κ1) is 13.3. The summed E-state index contributed by atoms with van der Waals surface area (Å²) < 4.78 is 10.4. The molecule has 100 valence electrons. The van der Waals surface area contributed by atoms with Crippen molar-refractivity contribution in [3.63, 3.8) is 0 Å². The van der Waals surface area contributed by atoms with Gasteiger partial charge in [0.15, 0.2) is 11.4 Å². The van der Waals surface area contributed by atoms with E-state index in [0.29, 0.717) is 16.9 Å². The molecule has 4 nitrogen and oxygen atoms in total. The number of rotatable bonds is 4. The lowest BCUT2D eigenvalue weighted by Gasteiger charge is -2.10. The van der Waals surface area contributed by atoms with Crippen molar-refractivity contribution in [3.05, 3.63) is 39.7 Å². The summed E-state index contributed by atoms with van der Waals surface area (Å²) in [5.74, 6) is 0.246. The van der Waals surface area contributed by atoms with Crippen molar-refractivity contribution in [2.75, 3.05) is 7.11 Å². The van der Waals surface area contributed by atoms with E-state index in [0.717, 1.165) is 23.8 Å². The maximum Gasteiger partial charge on any atom is 0.336 e. The normalized spacial score (nSPS) is 10.7. The van der Waals surface area contributed by atoms with E-state index in [9.17, 15) is 9.59 Å². The third kappa shape index (κ3) is 2.38. The molecule has 2 rings (SSSR count). The minimum atomic E-state index is -0.438. The lowest BCUT2D eigenvalue weighted by Crippen LogP contribution is -2.05. The van der Waals surface area contributed by atoms with Gasteiger partial charge in [-0.15, -0.1) is 0 Å². The summed E-state index contributed by atoms with van der Waals surface area (Å²) in [6, 6.07) is 5.05. The molecule has 0 atom stereocenters. The van der Waals surface area contributed by atoms with Gasteiger partial charge in [0, 0.05) is 11.5 Å². The standard InChI is InChI=1S/C15H16O4/c1-4-5-10-8-13(17)19-15-11(10)6-7-12(18-3)14(15)9(2)16/h6-8H,4-5H2,1-3H3. The minimum absolute atomic E-state index is 0.181. The highest BCUT2D eigenvalue weighted by atomic mass is 16.5. The fourth-order valence-corrected chi connectivity index (χ4v) is 2.25. The second-order valence-electron chi connectivity index (χ2n) is 4.42. The molecule has 0 aliphatic carbocycles. The molecule has 0 aliphatic rings. The van der Waals surface area contributed by atoms with Crippen LogP contribution in [0.2, 0.25) is 0 Å². The van der Waals surface area contributed by atoms with Crippen LogP contribution < -0.4 is 10.4 Å². The SMILES string of the molecule is CCCc1cc(=O)oc2c(C(C)=O)c(OC)ccc12. The Bertz CT molecular complexity index is 682. The topological polar surface area (TPSA) is 56.5 Å². The third-order valence-corrected chi connectivity index (χ3v) is 3.05. The molecular formula is C15H16O4. The van der Waals surface area contributed by atoms with Crippen molar-refractivity contribution in [1.29, 1.82) is 0 Å². The summed E-state index contributed by atoms with van der Waals surface area (Å²) in [6.07, 6.45) is 1.69. The largest absolute Gasteiger partial charge is 0.496 e. The Hall–Kier alpha value is -2.10. The summed E-state index contributed by atoms with van der Waals surface area (Å²) in [6.45, 7) is 3.47. The van der Waals surface area contributed by atoms with Crippen LogP contribution in [-0.2, 0) is 6.42 Å². The van der Waals surface area contributed by atoms with Crippen LogP contribution in [0.5, 0.6) is 5.75 Å². The van der Waals surface area contributed by atoms with Crippen molar-refractivity contribution < 1.29 is 13.9 Å². The molecule has 0 saturated carbocycles. The van der Waals surface area contributed by atoms with Crippen LogP contribution in [0.4, 0.5) is 0 Å². The molecule has 0 N–H and O–H groups in total. The smallest absolute Gasteiger partial charge is 0.336 e. The Morgan fingerprint density at radius 3 is 2.68 bits per heavy atom. The lowest BCUT2D eigenvalue weighted by molar-refractivity contribution is 0.101.